The molecule has 0 fully saturated rings. The molecular formula is C9H9N3O6S. The van der Waals surface area contributed by atoms with Gasteiger partial charge < -0.3 is 4.74 Å². The molecule has 0 atom stereocenters. The number of hydrogen-bond donors (Lipinski definition) is 0. The summed E-state index contributed by atoms with van der Waals surface area (Å²) in [6, 6.07) is 0.806. The second-order valence-corrected chi connectivity index (χ2v) is 4.09. The molecule has 1 aromatic rings. The molecule has 0 spiro atoms. The van der Waals surface area contributed by atoms with Crippen molar-refractivity contribution in [1.29, 1.82) is 0 Å². The van der Waals surface area contributed by atoms with Crippen molar-refractivity contribution in [3.8, 4) is 0 Å². The first-order valence-electron chi connectivity index (χ1n) is 5.03. The number of aromatic nitrogens is 1. The van der Waals surface area contributed by atoms with Crippen molar-refractivity contribution in [2.24, 2.45) is 0 Å². The first-order valence-corrected chi connectivity index (χ1v) is 6.01. The fourth-order valence-electron chi connectivity index (χ4n) is 1.10. The fourth-order valence-corrected chi connectivity index (χ4v) is 1.85. The molecule has 0 saturated carbocycles. The van der Waals surface area contributed by atoms with Crippen molar-refractivity contribution in [3.63, 3.8) is 0 Å². The molecule has 0 unspecified atom stereocenters. The van der Waals surface area contributed by atoms with Gasteiger partial charge in [0.15, 0.2) is 5.03 Å². The Labute approximate surface area is 111 Å². The number of thioether (sulfide) groups is 1. The summed E-state index contributed by atoms with van der Waals surface area (Å²) in [4.78, 5) is 34.5. The van der Waals surface area contributed by atoms with Gasteiger partial charge in [0.1, 0.15) is 6.20 Å². The summed E-state index contributed by atoms with van der Waals surface area (Å²) in [7, 11) is 0. The van der Waals surface area contributed by atoms with Crippen LogP contribution in [0.25, 0.3) is 0 Å². The lowest BCUT2D eigenvalue weighted by Crippen LogP contribution is -2.07. The third kappa shape index (κ3) is 4.17. The van der Waals surface area contributed by atoms with Gasteiger partial charge in [0, 0.05) is 0 Å². The van der Waals surface area contributed by atoms with Crippen LogP contribution >= 0.6 is 11.8 Å². The first kappa shape index (κ1) is 14.8. The number of hydrogen-bond acceptors (Lipinski definition) is 8. The molecule has 1 rings (SSSR count). The van der Waals surface area contributed by atoms with Gasteiger partial charge in [0.2, 0.25) is 0 Å². The Morgan fingerprint density at radius 1 is 1.42 bits per heavy atom. The van der Waals surface area contributed by atoms with Gasteiger partial charge in [-0.25, -0.2) is 4.98 Å². The van der Waals surface area contributed by atoms with Gasteiger partial charge in [0.25, 0.3) is 5.69 Å². The van der Waals surface area contributed by atoms with Crippen LogP contribution in [0.15, 0.2) is 17.3 Å². The van der Waals surface area contributed by atoms with Crippen molar-refractivity contribution < 1.29 is 19.4 Å². The maximum absolute atomic E-state index is 11.1. The number of pyridine rings is 1. The van der Waals surface area contributed by atoms with Gasteiger partial charge in [-0.15, -0.1) is 0 Å². The second kappa shape index (κ2) is 6.64. The Morgan fingerprint density at radius 3 is 2.63 bits per heavy atom. The van der Waals surface area contributed by atoms with E-state index in [4.69, 9.17) is 0 Å². The van der Waals surface area contributed by atoms with Gasteiger partial charge in [0.05, 0.1) is 28.3 Å². The topological polar surface area (TPSA) is 125 Å². The van der Waals surface area contributed by atoms with E-state index in [0.29, 0.717) is 0 Å². The van der Waals surface area contributed by atoms with Crippen molar-refractivity contribution in [2.75, 3.05) is 12.4 Å². The molecule has 0 N–H and O–H groups in total. The number of esters is 1. The molecule has 0 saturated heterocycles. The average Bonchev–Trinajstić information content (AvgIpc) is 2.36. The third-order valence-electron chi connectivity index (χ3n) is 1.86. The SMILES string of the molecule is CCOC(=O)CSc1ncc([N+](=O)[O-])cc1[N+](=O)[O-]. The number of rotatable bonds is 6. The highest BCUT2D eigenvalue weighted by atomic mass is 32.2. The zero-order valence-electron chi connectivity index (χ0n) is 9.77. The van der Waals surface area contributed by atoms with Crippen molar-refractivity contribution >= 4 is 29.1 Å². The van der Waals surface area contributed by atoms with E-state index in [1.54, 1.807) is 6.92 Å². The van der Waals surface area contributed by atoms with Crippen LogP contribution in [0.1, 0.15) is 6.92 Å². The molecular weight excluding hydrogens is 278 g/mol. The van der Waals surface area contributed by atoms with Crippen LogP contribution in [0, 0.1) is 20.2 Å². The molecule has 0 aromatic carbocycles. The quantitative estimate of drug-likeness (QED) is 0.334. The van der Waals surface area contributed by atoms with E-state index in [1.807, 2.05) is 0 Å². The molecule has 1 heterocycles. The smallest absolute Gasteiger partial charge is 0.316 e. The summed E-state index contributed by atoms with van der Waals surface area (Å²) in [5.41, 5.74) is -0.990. The van der Waals surface area contributed by atoms with Crippen LogP contribution < -0.4 is 0 Å². The Bertz CT molecular complexity index is 521. The molecule has 19 heavy (non-hydrogen) atoms. The highest BCUT2D eigenvalue weighted by molar-refractivity contribution is 8.00. The van der Waals surface area contributed by atoms with Crippen LogP contribution in [0.5, 0.6) is 0 Å². The minimum Gasteiger partial charge on any atom is -0.465 e. The Hall–Kier alpha value is -2.23. The van der Waals surface area contributed by atoms with Crippen molar-refractivity contribution in [3.05, 3.63) is 32.5 Å². The Balaban J connectivity index is 2.91. The maximum Gasteiger partial charge on any atom is 0.316 e. The lowest BCUT2D eigenvalue weighted by Gasteiger charge is -2.02. The molecule has 0 aliphatic carbocycles. The van der Waals surface area contributed by atoms with Crippen LogP contribution in [0.4, 0.5) is 11.4 Å². The van der Waals surface area contributed by atoms with Crippen LogP contribution in [-0.2, 0) is 9.53 Å². The minimum absolute atomic E-state index is 0.0661. The fraction of sp³-hybridized carbons (Fsp3) is 0.333. The maximum atomic E-state index is 11.1. The highest BCUT2D eigenvalue weighted by Crippen LogP contribution is 2.29. The van der Waals surface area contributed by atoms with E-state index in [-0.39, 0.29) is 17.4 Å². The van der Waals surface area contributed by atoms with Crippen LogP contribution in [0.3, 0.4) is 0 Å². The lowest BCUT2D eigenvalue weighted by molar-refractivity contribution is -0.396. The van der Waals surface area contributed by atoms with Crippen LogP contribution in [-0.4, -0.2) is 33.2 Å². The molecule has 0 amide bonds. The molecule has 0 bridgehead atoms. The molecule has 10 heteroatoms. The van der Waals surface area contributed by atoms with Gasteiger partial charge in [-0.05, 0) is 6.92 Å². The van der Waals surface area contributed by atoms with E-state index in [0.717, 1.165) is 24.0 Å². The summed E-state index contributed by atoms with van der Waals surface area (Å²) in [5.74, 6) is -0.693. The second-order valence-electron chi connectivity index (χ2n) is 3.13. The van der Waals surface area contributed by atoms with E-state index >= 15 is 0 Å². The monoisotopic (exact) mass is 287 g/mol. The Morgan fingerprint density at radius 2 is 2.11 bits per heavy atom. The lowest BCUT2D eigenvalue weighted by atomic mass is 10.4. The van der Waals surface area contributed by atoms with E-state index in [9.17, 15) is 25.0 Å². The zero-order chi connectivity index (χ0) is 14.4. The van der Waals surface area contributed by atoms with Gasteiger partial charge in [-0.3, -0.25) is 25.0 Å². The number of nitrogens with zero attached hydrogens (tertiary/aromatic N) is 3. The summed E-state index contributed by atoms with van der Waals surface area (Å²) < 4.78 is 4.66. The summed E-state index contributed by atoms with van der Waals surface area (Å²) in [5, 5.41) is 21.2. The van der Waals surface area contributed by atoms with E-state index in [1.165, 1.54) is 0 Å². The normalized spacial score (nSPS) is 9.95. The number of nitro groups is 2. The van der Waals surface area contributed by atoms with E-state index in [2.05, 4.69) is 9.72 Å². The molecule has 102 valence electrons. The number of ether oxygens (including phenoxy) is 1. The molecule has 0 radical (unpaired) electrons. The molecule has 0 aliphatic rings. The van der Waals surface area contributed by atoms with Gasteiger partial charge in [-0.1, -0.05) is 11.8 Å². The minimum atomic E-state index is -0.784. The number of carbonyl (C=O) groups excluding carboxylic acids is 1. The Kier molecular flexibility index (Phi) is 5.18. The largest absolute Gasteiger partial charge is 0.465 e. The highest BCUT2D eigenvalue weighted by Gasteiger charge is 2.22. The van der Waals surface area contributed by atoms with Gasteiger partial charge >= 0.3 is 11.7 Å². The summed E-state index contributed by atoms with van der Waals surface area (Å²) in [6.07, 6.45) is 0.903. The zero-order valence-corrected chi connectivity index (χ0v) is 10.6. The van der Waals surface area contributed by atoms with Crippen molar-refractivity contribution in [2.45, 2.75) is 11.9 Å². The standard InChI is InChI=1S/C9H9N3O6S/c1-2-18-8(13)5-19-9-7(12(16)17)3-6(4-10-9)11(14)15/h3-4H,2,5H2,1H3. The van der Waals surface area contributed by atoms with Crippen molar-refractivity contribution in [1.82, 2.24) is 4.98 Å². The van der Waals surface area contributed by atoms with E-state index < -0.39 is 27.2 Å². The molecule has 9 nitrogen and oxygen atoms in total. The van der Waals surface area contributed by atoms with Gasteiger partial charge in [-0.2, -0.15) is 0 Å². The molecule has 0 aliphatic heterocycles. The first-order chi connectivity index (χ1) is 8.95. The molecule has 1 aromatic heterocycles. The summed E-state index contributed by atoms with van der Waals surface area (Å²) in [6.45, 7) is 1.84. The predicted octanol–water partition coefficient (Wildman–Crippen LogP) is 1.55. The predicted molar refractivity (Wildman–Crippen MR) is 64.9 cm³/mol. The number of carbonyl (C=O) groups is 1. The van der Waals surface area contributed by atoms with Crippen LogP contribution in [0.2, 0.25) is 0 Å². The third-order valence-corrected chi connectivity index (χ3v) is 2.83. The average molecular weight is 287 g/mol. The summed E-state index contributed by atoms with van der Waals surface area (Å²) >= 11 is 0.794.